The van der Waals surface area contributed by atoms with E-state index in [1.54, 1.807) is 0 Å². The van der Waals surface area contributed by atoms with E-state index in [-0.39, 0.29) is 5.91 Å². The van der Waals surface area contributed by atoms with E-state index in [1.165, 1.54) is 0 Å². The number of ether oxygens (including phenoxy) is 2. The highest BCUT2D eigenvalue weighted by Gasteiger charge is 2.13. The molecule has 0 bridgehead atoms. The molecule has 1 heterocycles. The highest BCUT2D eigenvalue weighted by molar-refractivity contribution is 6.10. The van der Waals surface area contributed by atoms with Gasteiger partial charge < -0.3 is 19.7 Å². The molecule has 0 spiro atoms. The van der Waals surface area contributed by atoms with Crippen LogP contribution in [0.1, 0.15) is 10.4 Å². The summed E-state index contributed by atoms with van der Waals surface area (Å²) in [6, 6.07) is 19.5. The molecule has 162 valence electrons. The zero-order valence-corrected chi connectivity index (χ0v) is 18.1. The van der Waals surface area contributed by atoms with E-state index in [0.29, 0.717) is 12.2 Å². The number of nitrogens with zero attached hydrogens (tertiary/aromatic N) is 2. The number of amides is 1. The average Bonchev–Trinajstić information content (AvgIpc) is 2.81. The molecule has 3 aromatic rings. The fraction of sp³-hybridized carbons (Fsp3) is 0.320. The normalized spacial score (nSPS) is 14.4. The number of carbonyl (C=O) groups excluding carboxylic acids is 1. The summed E-state index contributed by atoms with van der Waals surface area (Å²) in [5, 5.41) is 5.02. The van der Waals surface area contributed by atoms with E-state index in [4.69, 9.17) is 9.47 Å². The van der Waals surface area contributed by atoms with Gasteiger partial charge in [0.25, 0.3) is 5.91 Å². The monoisotopic (exact) mass is 419 g/mol. The van der Waals surface area contributed by atoms with Gasteiger partial charge in [-0.3, -0.25) is 9.69 Å². The quantitative estimate of drug-likeness (QED) is 0.630. The van der Waals surface area contributed by atoms with Crippen molar-refractivity contribution in [1.29, 1.82) is 0 Å². The molecule has 4 rings (SSSR count). The van der Waals surface area contributed by atoms with Crippen molar-refractivity contribution in [3.8, 4) is 5.75 Å². The van der Waals surface area contributed by atoms with Crippen LogP contribution >= 0.6 is 0 Å². The second-order valence-electron chi connectivity index (χ2n) is 7.86. The smallest absolute Gasteiger partial charge is 0.255 e. The molecule has 1 N–H and O–H groups in total. The molecule has 0 unspecified atom stereocenters. The summed E-state index contributed by atoms with van der Waals surface area (Å²) < 4.78 is 11.5. The van der Waals surface area contributed by atoms with E-state index in [0.717, 1.165) is 60.7 Å². The van der Waals surface area contributed by atoms with Crippen molar-refractivity contribution in [1.82, 2.24) is 4.90 Å². The predicted molar refractivity (Wildman–Crippen MR) is 125 cm³/mol. The minimum Gasteiger partial charge on any atom is -0.492 e. The SMILES string of the molecule is CN(C)c1cccc(C(=O)Nc2ccc(OCCN3CCOCC3)c3ccccc23)c1. The molecular weight excluding hydrogens is 390 g/mol. The summed E-state index contributed by atoms with van der Waals surface area (Å²) in [6.07, 6.45) is 0. The first-order valence-electron chi connectivity index (χ1n) is 10.7. The Bertz CT molecular complexity index is 1050. The number of fused-ring (bicyclic) bond motifs is 1. The van der Waals surface area contributed by atoms with Crippen LogP contribution in [0.5, 0.6) is 5.75 Å². The Labute approximate surface area is 183 Å². The van der Waals surface area contributed by atoms with Gasteiger partial charge in [-0.05, 0) is 30.3 Å². The van der Waals surface area contributed by atoms with Gasteiger partial charge in [0.1, 0.15) is 12.4 Å². The number of carbonyl (C=O) groups is 1. The molecule has 1 saturated heterocycles. The minimum absolute atomic E-state index is 0.130. The molecule has 0 radical (unpaired) electrons. The number of anilines is 2. The Kier molecular flexibility index (Phi) is 6.70. The van der Waals surface area contributed by atoms with Crippen LogP contribution in [0, 0.1) is 0 Å². The Morgan fingerprint density at radius 1 is 1.03 bits per heavy atom. The molecule has 0 aliphatic carbocycles. The van der Waals surface area contributed by atoms with Crippen LogP contribution in [0.4, 0.5) is 11.4 Å². The van der Waals surface area contributed by atoms with Gasteiger partial charge in [-0.1, -0.05) is 30.3 Å². The summed E-state index contributed by atoms with van der Waals surface area (Å²) in [5.74, 6) is 0.700. The minimum atomic E-state index is -0.130. The van der Waals surface area contributed by atoms with Crippen molar-refractivity contribution in [3.63, 3.8) is 0 Å². The number of benzene rings is 3. The number of hydrogen-bond acceptors (Lipinski definition) is 5. The maximum Gasteiger partial charge on any atom is 0.255 e. The first-order chi connectivity index (χ1) is 15.1. The van der Waals surface area contributed by atoms with Gasteiger partial charge in [-0.15, -0.1) is 0 Å². The van der Waals surface area contributed by atoms with Gasteiger partial charge in [0.05, 0.1) is 13.2 Å². The summed E-state index contributed by atoms with van der Waals surface area (Å²) >= 11 is 0. The maximum absolute atomic E-state index is 12.9. The molecule has 1 aliphatic heterocycles. The molecule has 0 atom stereocenters. The number of nitrogens with one attached hydrogen (secondary N) is 1. The van der Waals surface area contributed by atoms with E-state index < -0.39 is 0 Å². The summed E-state index contributed by atoms with van der Waals surface area (Å²) in [5.41, 5.74) is 2.39. The van der Waals surface area contributed by atoms with Gasteiger partial charge in [0, 0.05) is 61.4 Å². The van der Waals surface area contributed by atoms with Crippen LogP contribution in [0.25, 0.3) is 10.8 Å². The van der Waals surface area contributed by atoms with Gasteiger partial charge in [-0.2, -0.15) is 0 Å². The zero-order valence-electron chi connectivity index (χ0n) is 18.1. The zero-order chi connectivity index (χ0) is 21.6. The lowest BCUT2D eigenvalue weighted by Crippen LogP contribution is -2.38. The Balaban J connectivity index is 1.49. The number of morpholine rings is 1. The van der Waals surface area contributed by atoms with Crippen LogP contribution < -0.4 is 15.0 Å². The molecule has 0 saturated carbocycles. The van der Waals surface area contributed by atoms with Crippen molar-refractivity contribution in [2.24, 2.45) is 0 Å². The topological polar surface area (TPSA) is 54.0 Å². The largest absolute Gasteiger partial charge is 0.492 e. The summed E-state index contributed by atoms with van der Waals surface area (Å²) in [4.78, 5) is 17.2. The van der Waals surface area contributed by atoms with E-state index in [2.05, 4.69) is 10.2 Å². The van der Waals surface area contributed by atoms with Gasteiger partial charge in [0.2, 0.25) is 0 Å². The van der Waals surface area contributed by atoms with Crippen LogP contribution in [0.15, 0.2) is 60.7 Å². The van der Waals surface area contributed by atoms with Crippen molar-refractivity contribution in [2.45, 2.75) is 0 Å². The highest BCUT2D eigenvalue weighted by atomic mass is 16.5. The predicted octanol–water partition coefficient (Wildman–Crippen LogP) is 3.87. The lowest BCUT2D eigenvalue weighted by Gasteiger charge is -2.26. The molecule has 31 heavy (non-hydrogen) atoms. The van der Waals surface area contributed by atoms with Crippen LogP contribution in [-0.4, -0.2) is 64.4 Å². The molecule has 3 aromatic carbocycles. The first kappa shape index (κ1) is 21.2. The molecule has 1 aliphatic rings. The maximum atomic E-state index is 12.9. The van der Waals surface area contributed by atoms with E-state index >= 15 is 0 Å². The Morgan fingerprint density at radius 3 is 2.58 bits per heavy atom. The lowest BCUT2D eigenvalue weighted by atomic mass is 10.1. The van der Waals surface area contributed by atoms with Crippen LogP contribution in [-0.2, 0) is 4.74 Å². The fourth-order valence-corrected chi connectivity index (χ4v) is 3.74. The Hall–Kier alpha value is -3.09. The first-order valence-corrected chi connectivity index (χ1v) is 10.7. The van der Waals surface area contributed by atoms with Crippen molar-refractivity contribution in [2.75, 3.05) is 63.8 Å². The van der Waals surface area contributed by atoms with E-state index in [1.807, 2.05) is 79.7 Å². The standard InChI is InChI=1S/C25H29N3O3/c1-27(2)20-7-5-6-19(18-20)25(29)26-23-10-11-24(22-9-4-3-8-21(22)23)31-17-14-28-12-15-30-16-13-28/h3-11,18H,12-17H2,1-2H3,(H,26,29). The number of rotatable bonds is 7. The van der Waals surface area contributed by atoms with Crippen LogP contribution in [0.2, 0.25) is 0 Å². The van der Waals surface area contributed by atoms with Crippen molar-refractivity contribution in [3.05, 3.63) is 66.2 Å². The Morgan fingerprint density at radius 2 is 1.81 bits per heavy atom. The molecule has 1 amide bonds. The van der Waals surface area contributed by atoms with Crippen molar-refractivity contribution < 1.29 is 14.3 Å². The molecular formula is C25H29N3O3. The van der Waals surface area contributed by atoms with E-state index in [9.17, 15) is 4.79 Å². The third-order valence-corrected chi connectivity index (χ3v) is 5.53. The number of hydrogen-bond donors (Lipinski definition) is 1. The summed E-state index contributed by atoms with van der Waals surface area (Å²) in [7, 11) is 3.92. The third-order valence-electron chi connectivity index (χ3n) is 5.53. The average molecular weight is 420 g/mol. The second-order valence-corrected chi connectivity index (χ2v) is 7.86. The molecule has 6 heteroatoms. The molecule has 6 nitrogen and oxygen atoms in total. The van der Waals surface area contributed by atoms with Gasteiger partial charge in [0.15, 0.2) is 0 Å². The fourth-order valence-electron chi connectivity index (χ4n) is 3.74. The second kappa shape index (κ2) is 9.81. The lowest BCUT2D eigenvalue weighted by molar-refractivity contribution is 0.0323. The van der Waals surface area contributed by atoms with Gasteiger partial charge in [-0.25, -0.2) is 0 Å². The molecule has 1 fully saturated rings. The highest BCUT2D eigenvalue weighted by Crippen LogP contribution is 2.32. The van der Waals surface area contributed by atoms with Gasteiger partial charge >= 0.3 is 0 Å². The molecule has 0 aromatic heterocycles. The van der Waals surface area contributed by atoms with Crippen LogP contribution in [0.3, 0.4) is 0 Å². The van der Waals surface area contributed by atoms with Crippen molar-refractivity contribution >= 4 is 28.1 Å². The summed E-state index contributed by atoms with van der Waals surface area (Å²) in [6.45, 7) is 4.96. The third kappa shape index (κ3) is 5.16.